The molecular weight excluding hydrogens is 410 g/mol. The number of hydrogen-bond donors (Lipinski definition) is 2. The Kier molecular flexibility index (Phi) is 6.43. The van der Waals surface area contributed by atoms with E-state index in [0.29, 0.717) is 42.6 Å². The third-order valence-electron chi connectivity index (χ3n) is 5.78. The van der Waals surface area contributed by atoms with Crippen LogP contribution in [0.25, 0.3) is 22.6 Å². The number of methoxy groups -OCH3 is 1. The highest BCUT2D eigenvalue weighted by Gasteiger charge is 2.29. The largest absolute Gasteiger partial charge is 0.497 e. The van der Waals surface area contributed by atoms with E-state index < -0.39 is 6.03 Å². The topological polar surface area (TPSA) is 99.3 Å². The van der Waals surface area contributed by atoms with Gasteiger partial charge in [0.25, 0.3) is 0 Å². The minimum absolute atomic E-state index is 0.0228. The summed E-state index contributed by atoms with van der Waals surface area (Å²) in [7, 11) is 2.96. The van der Waals surface area contributed by atoms with Crippen molar-refractivity contribution < 1.29 is 24.3 Å². The van der Waals surface area contributed by atoms with Crippen LogP contribution in [0.3, 0.4) is 0 Å². The summed E-state index contributed by atoms with van der Waals surface area (Å²) in [4.78, 5) is 18.5. The number of carbonyl (C=O) groups is 1. The minimum Gasteiger partial charge on any atom is -0.497 e. The molecule has 1 aliphatic heterocycles. The zero-order valence-electron chi connectivity index (χ0n) is 18.2. The third-order valence-corrected chi connectivity index (χ3v) is 5.78. The molecule has 1 aliphatic rings. The van der Waals surface area contributed by atoms with E-state index >= 15 is 0 Å². The van der Waals surface area contributed by atoms with Crippen molar-refractivity contribution in [1.29, 1.82) is 0 Å². The van der Waals surface area contributed by atoms with Gasteiger partial charge in [0.1, 0.15) is 11.4 Å². The lowest BCUT2D eigenvalue weighted by Gasteiger charge is -2.31. The minimum atomic E-state index is -0.405. The van der Waals surface area contributed by atoms with Gasteiger partial charge in [-0.1, -0.05) is 36.4 Å². The number of benzene rings is 2. The molecule has 1 saturated heterocycles. The van der Waals surface area contributed by atoms with Gasteiger partial charge in [-0.15, -0.1) is 0 Å². The highest BCUT2D eigenvalue weighted by atomic mass is 16.5. The first-order chi connectivity index (χ1) is 15.5. The van der Waals surface area contributed by atoms with Gasteiger partial charge in [-0.3, -0.25) is 5.21 Å². The molecular formula is C24H27N3O5. The predicted octanol–water partition coefficient (Wildman–Crippen LogP) is 4.13. The normalized spacial score (nSPS) is 14.4. The Morgan fingerprint density at radius 2 is 1.91 bits per heavy atom. The number of oxazole rings is 1. The molecule has 0 saturated carbocycles. The molecule has 2 amide bonds. The second-order valence-electron chi connectivity index (χ2n) is 7.88. The van der Waals surface area contributed by atoms with Crippen molar-refractivity contribution in [3.8, 4) is 28.3 Å². The summed E-state index contributed by atoms with van der Waals surface area (Å²) in [6, 6.07) is 14.8. The average Bonchev–Trinajstić information content (AvgIpc) is 3.29. The second kappa shape index (κ2) is 9.42. The molecule has 0 radical (unpaired) electrons. The number of nitrogens with zero attached hydrogens (tertiary/aromatic N) is 3. The van der Waals surface area contributed by atoms with Crippen molar-refractivity contribution in [2.24, 2.45) is 0 Å². The highest BCUT2D eigenvalue weighted by molar-refractivity contribution is 5.77. The van der Waals surface area contributed by atoms with Crippen molar-refractivity contribution in [2.45, 2.75) is 25.4 Å². The van der Waals surface area contributed by atoms with E-state index in [0.717, 1.165) is 28.1 Å². The monoisotopic (exact) mass is 437 g/mol. The molecule has 0 unspecified atom stereocenters. The highest BCUT2D eigenvalue weighted by Crippen LogP contribution is 2.38. The number of hydrogen-bond acceptors (Lipinski definition) is 6. The Balaban J connectivity index is 1.67. The molecule has 0 atom stereocenters. The fraction of sp³-hybridized carbons (Fsp3) is 0.333. The molecule has 0 bridgehead atoms. The number of hydroxylamine groups is 2. The number of ether oxygens (including phenoxy) is 1. The van der Waals surface area contributed by atoms with E-state index in [2.05, 4.69) is 0 Å². The molecule has 8 nitrogen and oxygen atoms in total. The van der Waals surface area contributed by atoms with E-state index in [9.17, 15) is 15.1 Å². The summed E-state index contributed by atoms with van der Waals surface area (Å²) in [6.07, 6.45) is 1.39. The van der Waals surface area contributed by atoms with Crippen LogP contribution in [-0.2, 0) is 6.61 Å². The summed E-state index contributed by atoms with van der Waals surface area (Å²) in [6.45, 7) is 1.02. The zero-order valence-corrected chi connectivity index (χ0v) is 18.2. The Morgan fingerprint density at radius 3 is 2.53 bits per heavy atom. The first-order valence-electron chi connectivity index (χ1n) is 10.6. The summed E-state index contributed by atoms with van der Waals surface area (Å²) in [5.41, 5.74) is 3.30. The maximum absolute atomic E-state index is 12.0. The molecule has 0 aliphatic carbocycles. The molecule has 2 heterocycles. The summed E-state index contributed by atoms with van der Waals surface area (Å²) >= 11 is 0. The molecule has 168 valence electrons. The van der Waals surface area contributed by atoms with E-state index in [-0.39, 0.29) is 12.5 Å². The van der Waals surface area contributed by atoms with E-state index in [4.69, 9.17) is 14.1 Å². The van der Waals surface area contributed by atoms with Gasteiger partial charge in [0, 0.05) is 37.2 Å². The molecule has 32 heavy (non-hydrogen) atoms. The smallest absolute Gasteiger partial charge is 0.343 e. The van der Waals surface area contributed by atoms with Gasteiger partial charge in [0.2, 0.25) is 0 Å². The predicted molar refractivity (Wildman–Crippen MR) is 118 cm³/mol. The molecule has 2 aromatic carbocycles. The maximum atomic E-state index is 12.0. The second-order valence-corrected chi connectivity index (χ2v) is 7.88. The maximum Gasteiger partial charge on any atom is 0.343 e. The first-order valence-corrected chi connectivity index (χ1v) is 10.6. The summed E-state index contributed by atoms with van der Waals surface area (Å²) in [5.74, 6) is 2.09. The molecule has 1 fully saturated rings. The third kappa shape index (κ3) is 4.46. The van der Waals surface area contributed by atoms with Crippen LogP contribution in [0.2, 0.25) is 0 Å². The number of likely N-dealkylation sites (tertiary alicyclic amines) is 1. The molecule has 1 aromatic heterocycles. The van der Waals surface area contributed by atoms with Gasteiger partial charge in [0.15, 0.2) is 11.7 Å². The standard InChI is InChI=1S/C24H27N3O5/c1-26(30)24(29)27-12-10-18(11-13-27)23-25-21(19-4-3-5-20(14-19)31-2)22(32-23)17-8-6-16(15-28)7-9-17/h3-9,14,18,28,30H,10-13,15H2,1-2H3. The van der Waals surface area contributed by atoms with Gasteiger partial charge in [-0.25, -0.2) is 14.8 Å². The Labute approximate surface area is 186 Å². The van der Waals surface area contributed by atoms with E-state index in [1.54, 1.807) is 12.0 Å². The van der Waals surface area contributed by atoms with Gasteiger partial charge in [0.05, 0.1) is 13.7 Å². The lowest BCUT2D eigenvalue weighted by atomic mass is 9.97. The number of piperidine rings is 1. The number of aliphatic hydroxyl groups is 1. The van der Waals surface area contributed by atoms with Crippen LogP contribution in [0.15, 0.2) is 52.9 Å². The fourth-order valence-corrected chi connectivity index (χ4v) is 3.96. The first kappa shape index (κ1) is 21.9. The molecule has 2 N–H and O–H groups in total. The lowest BCUT2D eigenvalue weighted by Crippen LogP contribution is -2.43. The molecule has 4 rings (SSSR count). The summed E-state index contributed by atoms with van der Waals surface area (Å²) in [5, 5.41) is 19.4. The van der Waals surface area contributed by atoms with Crippen LogP contribution in [0.5, 0.6) is 5.75 Å². The number of rotatable bonds is 5. The van der Waals surface area contributed by atoms with Gasteiger partial charge >= 0.3 is 6.03 Å². The SMILES string of the molecule is COc1cccc(-c2nc(C3CCN(C(=O)N(C)O)CC3)oc2-c2ccc(CO)cc2)c1. The fourth-order valence-electron chi connectivity index (χ4n) is 3.96. The van der Waals surface area contributed by atoms with Crippen molar-refractivity contribution in [3.63, 3.8) is 0 Å². The van der Waals surface area contributed by atoms with Crippen LogP contribution in [0.1, 0.15) is 30.2 Å². The number of urea groups is 1. The van der Waals surface area contributed by atoms with Crippen LogP contribution in [-0.4, -0.2) is 58.5 Å². The number of aromatic nitrogens is 1. The van der Waals surface area contributed by atoms with Gasteiger partial charge in [-0.05, 0) is 30.5 Å². The van der Waals surface area contributed by atoms with Crippen molar-refractivity contribution in [3.05, 3.63) is 60.0 Å². The van der Waals surface area contributed by atoms with Crippen LogP contribution in [0.4, 0.5) is 4.79 Å². The number of carbonyl (C=O) groups excluding carboxylic acids is 1. The van der Waals surface area contributed by atoms with Crippen LogP contribution >= 0.6 is 0 Å². The van der Waals surface area contributed by atoms with E-state index in [1.165, 1.54) is 7.05 Å². The van der Waals surface area contributed by atoms with Crippen LogP contribution < -0.4 is 4.74 Å². The lowest BCUT2D eigenvalue weighted by molar-refractivity contribution is -0.0358. The zero-order chi connectivity index (χ0) is 22.7. The molecule has 3 aromatic rings. The summed E-state index contributed by atoms with van der Waals surface area (Å²) < 4.78 is 11.7. The Morgan fingerprint density at radius 1 is 1.19 bits per heavy atom. The molecule has 0 spiro atoms. The quantitative estimate of drug-likeness (QED) is 0.460. The van der Waals surface area contributed by atoms with Crippen molar-refractivity contribution in [2.75, 3.05) is 27.2 Å². The number of amides is 2. The van der Waals surface area contributed by atoms with Crippen molar-refractivity contribution in [1.82, 2.24) is 14.9 Å². The van der Waals surface area contributed by atoms with Gasteiger partial charge in [-0.2, -0.15) is 0 Å². The molecule has 8 heteroatoms. The Bertz CT molecular complexity index is 1070. The van der Waals surface area contributed by atoms with Gasteiger partial charge < -0.3 is 19.2 Å². The number of aliphatic hydroxyl groups excluding tert-OH is 1. The van der Waals surface area contributed by atoms with Crippen LogP contribution in [0, 0.1) is 0 Å². The van der Waals surface area contributed by atoms with E-state index in [1.807, 2.05) is 48.5 Å². The van der Waals surface area contributed by atoms with Crippen molar-refractivity contribution >= 4 is 6.03 Å². The average molecular weight is 437 g/mol. The Hall–Kier alpha value is -3.36.